The van der Waals surface area contributed by atoms with Gasteiger partial charge in [-0.3, -0.25) is 4.79 Å². The van der Waals surface area contributed by atoms with Gasteiger partial charge in [-0.2, -0.15) is 0 Å². The van der Waals surface area contributed by atoms with Gasteiger partial charge in [-0.25, -0.2) is 0 Å². The summed E-state index contributed by atoms with van der Waals surface area (Å²) in [6, 6.07) is 5.04. The van der Waals surface area contributed by atoms with Gasteiger partial charge in [0.25, 0.3) is 0 Å². The molecule has 0 heterocycles. The van der Waals surface area contributed by atoms with Crippen LogP contribution in [-0.2, 0) is 4.79 Å². The fourth-order valence-corrected chi connectivity index (χ4v) is 2.25. The number of amides is 1. The van der Waals surface area contributed by atoms with Crippen LogP contribution in [0.1, 0.15) is 6.42 Å². The third-order valence-electron chi connectivity index (χ3n) is 2.66. The first-order valence-corrected chi connectivity index (χ1v) is 6.02. The Morgan fingerprint density at radius 3 is 2.47 bits per heavy atom. The van der Waals surface area contributed by atoms with Crippen LogP contribution in [-0.4, -0.2) is 11.9 Å². The minimum atomic E-state index is -0.211. The van der Waals surface area contributed by atoms with Crippen molar-refractivity contribution in [2.75, 3.05) is 5.32 Å². The van der Waals surface area contributed by atoms with Gasteiger partial charge in [0.2, 0.25) is 5.91 Å². The number of hydrogen-bond donors (Lipinski definition) is 2. The summed E-state index contributed by atoms with van der Waals surface area (Å²) in [5, 5.41) is 3.59. The maximum absolute atomic E-state index is 11.9. The highest BCUT2D eigenvalue weighted by Crippen LogP contribution is 2.30. The van der Waals surface area contributed by atoms with Crippen LogP contribution in [0, 0.1) is 5.92 Å². The number of hydrogen-bond acceptors (Lipinski definition) is 2. The van der Waals surface area contributed by atoms with E-state index in [1.165, 1.54) is 0 Å². The van der Waals surface area contributed by atoms with Crippen LogP contribution in [0.15, 0.2) is 30.4 Å². The number of para-hydroxylation sites is 1. The molecule has 2 unspecified atom stereocenters. The summed E-state index contributed by atoms with van der Waals surface area (Å²) in [5.74, 6) is -0.346. The second-order valence-corrected chi connectivity index (χ2v) is 4.79. The molecule has 3 N–H and O–H groups in total. The maximum atomic E-state index is 11.9. The molecule has 17 heavy (non-hydrogen) atoms. The zero-order valence-electron chi connectivity index (χ0n) is 8.99. The quantitative estimate of drug-likeness (QED) is 0.812. The molecule has 1 aromatic rings. The molecule has 0 bridgehead atoms. The van der Waals surface area contributed by atoms with Crippen molar-refractivity contribution in [1.29, 1.82) is 0 Å². The standard InChI is InChI=1S/C12H12Cl2N2O/c13-9-2-1-3-10(14)11(9)16-12(17)7-4-5-8(15)6-7/h1-5,7-8H,6,15H2,(H,16,17). The van der Waals surface area contributed by atoms with Crippen LogP contribution in [0.2, 0.25) is 10.0 Å². The molecule has 3 nitrogen and oxygen atoms in total. The van der Waals surface area contributed by atoms with E-state index in [-0.39, 0.29) is 17.9 Å². The summed E-state index contributed by atoms with van der Waals surface area (Å²) < 4.78 is 0. The molecule has 1 aromatic carbocycles. The molecule has 0 spiro atoms. The summed E-state index contributed by atoms with van der Waals surface area (Å²) in [5.41, 5.74) is 6.15. The Balaban J connectivity index is 2.11. The van der Waals surface area contributed by atoms with E-state index < -0.39 is 0 Å². The van der Waals surface area contributed by atoms with E-state index in [4.69, 9.17) is 28.9 Å². The molecule has 0 radical (unpaired) electrons. The summed E-state index contributed by atoms with van der Waals surface area (Å²) in [4.78, 5) is 11.9. The second kappa shape index (κ2) is 5.08. The van der Waals surface area contributed by atoms with Crippen LogP contribution >= 0.6 is 23.2 Å². The fourth-order valence-electron chi connectivity index (χ4n) is 1.75. The molecule has 90 valence electrons. The number of anilines is 1. The molecule has 2 rings (SSSR count). The van der Waals surface area contributed by atoms with Crippen LogP contribution in [0.5, 0.6) is 0 Å². The zero-order valence-corrected chi connectivity index (χ0v) is 10.5. The molecule has 2 atom stereocenters. The Bertz CT molecular complexity index is 453. The summed E-state index contributed by atoms with van der Waals surface area (Å²) >= 11 is 11.9. The highest BCUT2D eigenvalue weighted by Gasteiger charge is 2.23. The smallest absolute Gasteiger partial charge is 0.231 e. The van der Waals surface area contributed by atoms with Crippen molar-refractivity contribution in [3.8, 4) is 0 Å². The first kappa shape index (κ1) is 12.4. The van der Waals surface area contributed by atoms with E-state index in [1.54, 1.807) is 18.2 Å². The summed E-state index contributed by atoms with van der Waals surface area (Å²) in [6.07, 6.45) is 4.26. The van der Waals surface area contributed by atoms with Crippen molar-refractivity contribution in [3.05, 3.63) is 40.4 Å². The van der Waals surface area contributed by atoms with Crippen molar-refractivity contribution in [2.45, 2.75) is 12.5 Å². The first-order valence-electron chi connectivity index (χ1n) is 5.26. The first-order chi connectivity index (χ1) is 8.08. The number of halogens is 2. The highest BCUT2D eigenvalue weighted by atomic mass is 35.5. The summed E-state index contributed by atoms with van der Waals surface area (Å²) in [7, 11) is 0. The summed E-state index contributed by atoms with van der Waals surface area (Å²) in [6.45, 7) is 0. The minimum Gasteiger partial charge on any atom is -0.324 e. The Labute approximate surface area is 110 Å². The fraction of sp³-hybridized carbons (Fsp3) is 0.250. The normalized spacial score (nSPS) is 22.8. The maximum Gasteiger partial charge on any atom is 0.231 e. The number of carbonyl (C=O) groups excluding carboxylic acids is 1. The average Bonchev–Trinajstić information content (AvgIpc) is 2.70. The van der Waals surface area contributed by atoms with Crippen LogP contribution in [0.4, 0.5) is 5.69 Å². The van der Waals surface area contributed by atoms with Gasteiger partial charge < -0.3 is 11.1 Å². The predicted molar refractivity (Wildman–Crippen MR) is 70.3 cm³/mol. The van der Waals surface area contributed by atoms with Gasteiger partial charge >= 0.3 is 0 Å². The Morgan fingerprint density at radius 2 is 1.94 bits per heavy atom. The molecule has 1 aliphatic carbocycles. The molecular formula is C12H12Cl2N2O. The van der Waals surface area contributed by atoms with Gasteiger partial charge in [-0.15, -0.1) is 0 Å². The van der Waals surface area contributed by atoms with E-state index in [2.05, 4.69) is 5.32 Å². The average molecular weight is 271 g/mol. The predicted octanol–water partition coefficient (Wildman–Crippen LogP) is 2.84. The topological polar surface area (TPSA) is 55.1 Å². The van der Waals surface area contributed by atoms with E-state index in [0.717, 1.165) is 0 Å². The van der Waals surface area contributed by atoms with Gasteiger partial charge in [0.15, 0.2) is 0 Å². The Morgan fingerprint density at radius 1 is 1.29 bits per heavy atom. The van der Waals surface area contributed by atoms with Crippen molar-refractivity contribution in [3.63, 3.8) is 0 Å². The molecular weight excluding hydrogens is 259 g/mol. The number of carbonyl (C=O) groups is 1. The third-order valence-corrected chi connectivity index (χ3v) is 3.29. The van der Waals surface area contributed by atoms with Gasteiger partial charge in [0.1, 0.15) is 0 Å². The minimum absolute atomic E-state index is 0.0486. The third kappa shape index (κ3) is 2.80. The number of nitrogens with one attached hydrogen (secondary N) is 1. The molecule has 0 saturated heterocycles. The highest BCUT2D eigenvalue weighted by molar-refractivity contribution is 6.39. The van der Waals surface area contributed by atoms with Crippen LogP contribution in [0.3, 0.4) is 0 Å². The van der Waals surface area contributed by atoms with Crippen molar-refractivity contribution >= 4 is 34.8 Å². The number of benzene rings is 1. The largest absolute Gasteiger partial charge is 0.324 e. The molecule has 5 heteroatoms. The van der Waals surface area contributed by atoms with Gasteiger partial charge in [-0.1, -0.05) is 41.4 Å². The molecule has 0 aliphatic heterocycles. The zero-order chi connectivity index (χ0) is 12.4. The molecule has 0 aromatic heterocycles. The Kier molecular flexibility index (Phi) is 3.72. The SMILES string of the molecule is NC1C=CC(C(=O)Nc2c(Cl)cccc2Cl)C1. The van der Waals surface area contributed by atoms with E-state index in [9.17, 15) is 4.79 Å². The Hall–Kier alpha value is -1.03. The molecule has 1 aliphatic rings. The lowest BCUT2D eigenvalue weighted by Gasteiger charge is -2.12. The van der Waals surface area contributed by atoms with Crippen LogP contribution in [0.25, 0.3) is 0 Å². The monoisotopic (exact) mass is 270 g/mol. The van der Waals surface area contributed by atoms with E-state index in [0.29, 0.717) is 22.2 Å². The lowest BCUT2D eigenvalue weighted by molar-refractivity contribution is -0.118. The van der Waals surface area contributed by atoms with Gasteiger partial charge in [0, 0.05) is 6.04 Å². The van der Waals surface area contributed by atoms with Crippen molar-refractivity contribution in [2.24, 2.45) is 11.7 Å². The van der Waals surface area contributed by atoms with Crippen molar-refractivity contribution < 1.29 is 4.79 Å². The van der Waals surface area contributed by atoms with Gasteiger partial charge in [-0.05, 0) is 18.6 Å². The molecule has 0 fully saturated rings. The van der Waals surface area contributed by atoms with E-state index >= 15 is 0 Å². The van der Waals surface area contributed by atoms with Crippen molar-refractivity contribution in [1.82, 2.24) is 0 Å². The molecule has 0 saturated carbocycles. The number of nitrogens with two attached hydrogens (primary N) is 1. The lowest BCUT2D eigenvalue weighted by atomic mass is 10.1. The van der Waals surface area contributed by atoms with Gasteiger partial charge in [0.05, 0.1) is 21.7 Å². The lowest BCUT2D eigenvalue weighted by Crippen LogP contribution is -2.24. The van der Waals surface area contributed by atoms with Crippen LogP contribution < -0.4 is 11.1 Å². The molecule has 1 amide bonds. The van der Waals surface area contributed by atoms with E-state index in [1.807, 2.05) is 12.2 Å². The number of rotatable bonds is 2. The second-order valence-electron chi connectivity index (χ2n) is 3.98.